The van der Waals surface area contributed by atoms with Gasteiger partial charge in [0, 0.05) is 25.5 Å². The fraction of sp³-hybridized carbons (Fsp3) is 0.636. The highest BCUT2D eigenvalue weighted by Gasteiger charge is 2.12. The molecule has 0 fully saturated rings. The van der Waals surface area contributed by atoms with E-state index in [0.29, 0.717) is 30.2 Å². The molecular formula is C11H17ClN2O. The SMILES string of the molecule is CCCC(=O)CCc1c(C)nn(C)c1Cl. The normalized spacial score (nSPS) is 10.7. The largest absolute Gasteiger partial charge is 0.300 e. The number of aromatic nitrogens is 2. The lowest BCUT2D eigenvalue weighted by Gasteiger charge is -1.99. The molecule has 0 amide bonds. The highest BCUT2D eigenvalue weighted by Crippen LogP contribution is 2.20. The zero-order valence-corrected chi connectivity index (χ0v) is 10.3. The standard InChI is InChI=1S/C11H17ClN2O/c1-4-5-9(15)6-7-10-8(2)13-14(3)11(10)12/h4-7H2,1-3H3. The second kappa shape index (κ2) is 5.31. The van der Waals surface area contributed by atoms with Gasteiger partial charge in [0.25, 0.3) is 0 Å². The Kier molecular flexibility index (Phi) is 4.33. The molecule has 0 saturated heterocycles. The topological polar surface area (TPSA) is 34.9 Å². The molecule has 3 nitrogen and oxygen atoms in total. The maximum Gasteiger partial charge on any atom is 0.133 e. The van der Waals surface area contributed by atoms with Crippen LogP contribution >= 0.6 is 11.6 Å². The molecule has 0 aliphatic heterocycles. The van der Waals surface area contributed by atoms with Gasteiger partial charge < -0.3 is 0 Å². The molecule has 0 aliphatic rings. The van der Waals surface area contributed by atoms with Crippen LogP contribution in [0.15, 0.2) is 0 Å². The summed E-state index contributed by atoms with van der Waals surface area (Å²) in [6.45, 7) is 3.94. The molecule has 0 aromatic carbocycles. The van der Waals surface area contributed by atoms with E-state index in [1.54, 1.807) is 4.68 Å². The maximum absolute atomic E-state index is 11.4. The summed E-state index contributed by atoms with van der Waals surface area (Å²) in [6.07, 6.45) is 2.85. The second-order valence-electron chi connectivity index (χ2n) is 3.77. The van der Waals surface area contributed by atoms with Crippen molar-refractivity contribution < 1.29 is 4.79 Å². The molecule has 0 aliphatic carbocycles. The summed E-state index contributed by atoms with van der Waals surface area (Å²) in [5, 5.41) is 4.86. The van der Waals surface area contributed by atoms with E-state index in [1.165, 1.54) is 0 Å². The first-order valence-electron chi connectivity index (χ1n) is 5.26. The molecule has 1 rings (SSSR count). The van der Waals surface area contributed by atoms with Crippen molar-refractivity contribution in [1.82, 2.24) is 9.78 Å². The smallest absolute Gasteiger partial charge is 0.133 e. The van der Waals surface area contributed by atoms with E-state index in [2.05, 4.69) is 5.10 Å². The van der Waals surface area contributed by atoms with Crippen LogP contribution in [0.25, 0.3) is 0 Å². The predicted molar refractivity (Wildman–Crippen MR) is 61.2 cm³/mol. The van der Waals surface area contributed by atoms with E-state index in [0.717, 1.165) is 17.7 Å². The van der Waals surface area contributed by atoms with Crippen molar-refractivity contribution in [3.8, 4) is 0 Å². The third-order valence-electron chi connectivity index (χ3n) is 2.45. The van der Waals surface area contributed by atoms with Crippen molar-refractivity contribution in [1.29, 1.82) is 0 Å². The van der Waals surface area contributed by atoms with E-state index in [4.69, 9.17) is 11.6 Å². The van der Waals surface area contributed by atoms with Gasteiger partial charge in [-0.2, -0.15) is 5.10 Å². The van der Waals surface area contributed by atoms with Crippen molar-refractivity contribution in [3.05, 3.63) is 16.4 Å². The van der Waals surface area contributed by atoms with Crippen LogP contribution in [0, 0.1) is 6.92 Å². The van der Waals surface area contributed by atoms with Crippen molar-refractivity contribution >= 4 is 17.4 Å². The Hall–Kier alpha value is -0.830. The van der Waals surface area contributed by atoms with Gasteiger partial charge >= 0.3 is 0 Å². The quantitative estimate of drug-likeness (QED) is 0.777. The lowest BCUT2D eigenvalue weighted by atomic mass is 10.1. The number of carbonyl (C=O) groups excluding carboxylic acids is 1. The van der Waals surface area contributed by atoms with Crippen LogP contribution in [-0.2, 0) is 18.3 Å². The van der Waals surface area contributed by atoms with Gasteiger partial charge in [-0.05, 0) is 19.8 Å². The zero-order chi connectivity index (χ0) is 11.4. The first kappa shape index (κ1) is 12.2. The molecule has 0 unspecified atom stereocenters. The monoisotopic (exact) mass is 228 g/mol. The molecule has 1 heterocycles. The van der Waals surface area contributed by atoms with Gasteiger partial charge in [-0.15, -0.1) is 0 Å². The Labute approximate surface area is 95.4 Å². The fourth-order valence-electron chi connectivity index (χ4n) is 1.63. The van der Waals surface area contributed by atoms with Gasteiger partial charge in [0.05, 0.1) is 5.69 Å². The Morgan fingerprint density at radius 3 is 2.60 bits per heavy atom. The summed E-state index contributed by atoms with van der Waals surface area (Å²) in [5.41, 5.74) is 1.93. The highest BCUT2D eigenvalue weighted by atomic mass is 35.5. The molecule has 1 aromatic heterocycles. The average molecular weight is 229 g/mol. The van der Waals surface area contributed by atoms with Crippen molar-refractivity contribution in [2.75, 3.05) is 0 Å². The van der Waals surface area contributed by atoms with E-state index < -0.39 is 0 Å². The minimum atomic E-state index is 0.303. The molecular weight excluding hydrogens is 212 g/mol. The van der Waals surface area contributed by atoms with Gasteiger partial charge in [0.15, 0.2) is 0 Å². The third-order valence-corrected chi connectivity index (χ3v) is 2.93. The molecule has 4 heteroatoms. The van der Waals surface area contributed by atoms with Crippen molar-refractivity contribution in [2.24, 2.45) is 7.05 Å². The van der Waals surface area contributed by atoms with E-state index in [1.807, 2.05) is 20.9 Å². The van der Waals surface area contributed by atoms with Gasteiger partial charge in [0.2, 0.25) is 0 Å². The maximum atomic E-state index is 11.4. The number of rotatable bonds is 5. The molecule has 0 spiro atoms. The van der Waals surface area contributed by atoms with Crippen LogP contribution < -0.4 is 0 Å². The molecule has 0 radical (unpaired) electrons. The Morgan fingerprint density at radius 1 is 1.47 bits per heavy atom. The minimum absolute atomic E-state index is 0.303. The number of Topliss-reactive ketones (excluding diaryl/α,β-unsaturated/α-hetero) is 1. The summed E-state index contributed by atoms with van der Waals surface area (Å²) < 4.78 is 1.65. The lowest BCUT2D eigenvalue weighted by molar-refractivity contribution is -0.119. The van der Waals surface area contributed by atoms with Crippen LogP contribution in [0.4, 0.5) is 0 Å². The Morgan fingerprint density at radius 2 is 2.13 bits per heavy atom. The zero-order valence-electron chi connectivity index (χ0n) is 9.51. The first-order valence-corrected chi connectivity index (χ1v) is 5.63. The Balaban J connectivity index is 2.61. The lowest BCUT2D eigenvalue weighted by Crippen LogP contribution is -2.00. The van der Waals surface area contributed by atoms with E-state index in [-0.39, 0.29) is 0 Å². The van der Waals surface area contributed by atoms with Gasteiger partial charge in [-0.25, -0.2) is 0 Å². The first-order chi connectivity index (χ1) is 7.06. The third kappa shape index (κ3) is 3.06. The number of hydrogen-bond acceptors (Lipinski definition) is 2. The molecule has 1 aromatic rings. The van der Waals surface area contributed by atoms with Crippen LogP contribution in [0.1, 0.15) is 37.4 Å². The molecule has 0 bridgehead atoms. The van der Waals surface area contributed by atoms with Crippen LogP contribution in [-0.4, -0.2) is 15.6 Å². The minimum Gasteiger partial charge on any atom is -0.300 e. The van der Waals surface area contributed by atoms with Crippen LogP contribution in [0.2, 0.25) is 5.15 Å². The van der Waals surface area contributed by atoms with Gasteiger partial charge in [0.1, 0.15) is 10.9 Å². The molecule has 0 atom stereocenters. The summed E-state index contributed by atoms with van der Waals surface area (Å²) in [6, 6.07) is 0. The fourth-order valence-corrected chi connectivity index (χ4v) is 1.90. The van der Waals surface area contributed by atoms with E-state index in [9.17, 15) is 4.79 Å². The van der Waals surface area contributed by atoms with Gasteiger partial charge in [-0.3, -0.25) is 9.48 Å². The Bertz CT molecular complexity index is 358. The van der Waals surface area contributed by atoms with Crippen molar-refractivity contribution in [3.63, 3.8) is 0 Å². The summed E-state index contributed by atoms with van der Waals surface area (Å²) >= 11 is 6.06. The number of nitrogens with zero attached hydrogens (tertiary/aromatic N) is 2. The molecule has 15 heavy (non-hydrogen) atoms. The predicted octanol–water partition coefficient (Wildman–Crippen LogP) is 2.68. The summed E-state index contributed by atoms with van der Waals surface area (Å²) in [4.78, 5) is 11.4. The molecule has 0 saturated carbocycles. The summed E-state index contributed by atoms with van der Waals surface area (Å²) in [7, 11) is 1.81. The summed E-state index contributed by atoms with van der Waals surface area (Å²) in [5.74, 6) is 0.303. The van der Waals surface area contributed by atoms with Gasteiger partial charge in [-0.1, -0.05) is 18.5 Å². The average Bonchev–Trinajstić information content (AvgIpc) is 2.40. The second-order valence-corrected chi connectivity index (χ2v) is 4.13. The van der Waals surface area contributed by atoms with E-state index >= 15 is 0 Å². The number of hydrogen-bond donors (Lipinski definition) is 0. The highest BCUT2D eigenvalue weighted by molar-refractivity contribution is 6.30. The molecule has 0 N–H and O–H groups in total. The number of halogens is 1. The molecule has 84 valence electrons. The number of carbonyl (C=O) groups is 1. The van der Waals surface area contributed by atoms with Crippen LogP contribution in [0.3, 0.4) is 0 Å². The number of aryl methyl sites for hydroxylation is 2. The van der Waals surface area contributed by atoms with Crippen LogP contribution in [0.5, 0.6) is 0 Å². The number of ketones is 1. The van der Waals surface area contributed by atoms with Crippen molar-refractivity contribution in [2.45, 2.75) is 39.5 Å².